The number of hydrogen-bond acceptors (Lipinski definition) is 7. The van der Waals surface area contributed by atoms with Gasteiger partial charge >= 0.3 is 5.97 Å². The highest BCUT2D eigenvalue weighted by Crippen LogP contribution is 2.22. The smallest absolute Gasteiger partial charge is 0.378 e. The summed E-state index contributed by atoms with van der Waals surface area (Å²) in [6.45, 7) is 9.17. The van der Waals surface area contributed by atoms with Gasteiger partial charge in [0.15, 0.2) is 6.61 Å². The van der Waals surface area contributed by atoms with Crippen LogP contribution in [0.2, 0.25) is 0 Å². The summed E-state index contributed by atoms with van der Waals surface area (Å²) in [5, 5.41) is 6.23. The first kappa shape index (κ1) is 21.1. The van der Waals surface area contributed by atoms with E-state index in [1.165, 1.54) is 4.52 Å². The SMILES string of the molecule is Cc1cc(C)n2nc(C(=O)OCC(=O)NC(=O)c3ccc(C(C)(C)C)cc3)nc2n1. The highest BCUT2D eigenvalue weighted by Gasteiger charge is 2.19. The number of nitrogens with zero attached hydrogens (tertiary/aromatic N) is 4. The maximum absolute atomic E-state index is 12.2. The molecule has 1 aromatic carbocycles. The number of amides is 2. The van der Waals surface area contributed by atoms with Crippen molar-refractivity contribution < 1.29 is 19.1 Å². The molecule has 0 aliphatic carbocycles. The summed E-state index contributed by atoms with van der Waals surface area (Å²) in [5.74, 6) is -2.15. The Bertz CT molecular complexity index is 1130. The van der Waals surface area contributed by atoms with Crippen molar-refractivity contribution in [3.8, 4) is 0 Å². The number of carbonyl (C=O) groups is 3. The van der Waals surface area contributed by atoms with E-state index >= 15 is 0 Å². The van der Waals surface area contributed by atoms with Crippen LogP contribution in [0.3, 0.4) is 0 Å². The number of benzene rings is 1. The number of fused-ring (bicyclic) bond motifs is 1. The second-order valence-corrected chi connectivity index (χ2v) is 7.97. The Hall–Kier alpha value is -3.62. The molecule has 2 aromatic heterocycles. The number of esters is 1. The van der Waals surface area contributed by atoms with Crippen LogP contribution in [0, 0.1) is 13.8 Å². The van der Waals surface area contributed by atoms with E-state index in [0.717, 1.165) is 17.0 Å². The average Bonchev–Trinajstić information content (AvgIpc) is 3.10. The number of ether oxygens (including phenoxy) is 1. The minimum Gasteiger partial charge on any atom is -0.450 e. The summed E-state index contributed by atoms with van der Waals surface area (Å²) in [6, 6.07) is 8.77. The van der Waals surface area contributed by atoms with Crippen LogP contribution in [-0.4, -0.2) is 44.0 Å². The van der Waals surface area contributed by atoms with Gasteiger partial charge in [0, 0.05) is 17.0 Å². The molecule has 0 saturated heterocycles. The molecule has 0 saturated carbocycles. The Morgan fingerprint density at radius 2 is 1.73 bits per heavy atom. The van der Waals surface area contributed by atoms with Gasteiger partial charge in [-0.3, -0.25) is 14.9 Å². The van der Waals surface area contributed by atoms with E-state index in [1.54, 1.807) is 32.0 Å². The number of rotatable bonds is 4. The summed E-state index contributed by atoms with van der Waals surface area (Å²) < 4.78 is 6.33. The van der Waals surface area contributed by atoms with Crippen molar-refractivity contribution in [1.29, 1.82) is 0 Å². The lowest BCUT2D eigenvalue weighted by molar-refractivity contribution is -0.123. The maximum Gasteiger partial charge on any atom is 0.378 e. The Kier molecular flexibility index (Phi) is 5.64. The molecule has 0 aliphatic rings. The van der Waals surface area contributed by atoms with E-state index in [0.29, 0.717) is 5.56 Å². The summed E-state index contributed by atoms with van der Waals surface area (Å²) in [5.41, 5.74) is 2.85. The van der Waals surface area contributed by atoms with E-state index in [9.17, 15) is 14.4 Å². The Balaban J connectivity index is 1.58. The summed E-state index contributed by atoms with van der Waals surface area (Å²) in [7, 11) is 0. The standard InChI is InChI=1S/C21H23N5O4/c1-12-10-13(2)26-20(22-12)24-17(25-26)19(29)30-11-16(27)23-18(28)14-6-8-15(9-7-14)21(3,4)5/h6-10H,11H2,1-5H3,(H,23,27,28). The van der Waals surface area contributed by atoms with Gasteiger partial charge in [-0.15, -0.1) is 5.10 Å². The quantitative estimate of drug-likeness (QED) is 0.657. The molecule has 0 spiro atoms. The van der Waals surface area contributed by atoms with Gasteiger partial charge in [-0.2, -0.15) is 4.98 Å². The van der Waals surface area contributed by atoms with Crippen LogP contribution in [0.4, 0.5) is 0 Å². The Labute approximate surface area is 173 Å². The molecule has 9 nitrogen and oxygen atoms in total. The minimum atomic E-state index is -0.880. The summed E-state index contributed by atoms with van der Waals surface area (Å²) >= 11 is 0. The molecule has 1 N–H and O–H groups in total. The van der Waals surface area contributed by atoms with E-state index in [4.69, 9.17) is 4.74 Å². The van der Waals surface area contributed by atoms with Crippen molar-refractivity contribution in [2.75, 3.05) is 6.61 Å². The lowest BCUT2D eigenvalue weighted by atomic mass is 9.87. The number of aromatic nitrogens is 4. The molecule has 0 aliphatic heterocycles. The third-order valence-electron chi connectivity index (χ3n) is 4.40. The molecule has 0 radical (unpaired) electrons. The zero-order chi connectivity index (χ0) is 22.1. The molecule has 0 atom stereocenters. The van der Waals surface area contributed by atoms with Gasteiger partial charge in [-0.25, -0.2) is 14.3 Å². The van der Waals surface area contributed by atoms with Crippen molar-refractivity contribution in [2.45, 2.75) is 40.0 Å². The maximum atomic E-state index is 12.2. The molecule has 30 heavy (non-hydrogen) atoms. The first-order valence-electron chi connectivity index (χ1n) is 9.37. The highest BCUT2D eigenvalue weighted by atomic mass is 16.5. The molecule has 0 bridgehead atoms. The van der Waals surface area contributed by atoms with Gasteiger partial charge in [0.05, 0.1) is 0 Å². The van der Waals surface area contributed by atoms with Crippen molar-refractivity contribution in [3.05, 3.63) is 58.7 Å². The second-order valence-electron chi connectivity index (χ2n) is 7.97. The summed E-state index contributed by atoms with van der Waals surface area (Å²) in [6.07, 6.45) is 0. The van der Waals surface area contributed by atoms with E-state index in [2.05, 4.69) is 41.2 Å². The van der Waals surface area contributed by atoms with Crippen LogP contribution < -0.4 is 5.32 Å². The van der Waals surface area contributed by atoms with Crippen molar-refractivity contribution >= 4 is 23.6 Å². The molecular weight excluding hydrogens is 386 g/mol. The molecule has 0 unspecified atom stereocenters. The predicted octanol–water partition coefficient (Wildman–Crippen LogP) is 2.15. The zero-order valence-corrected chi connectivity index (χ0v) is 17.5. The Morgan fingerprint density at radius 1 is 1.07 bits per heavy atom. The molecule has 2 amide bonds. The average molecular weight is 409 g/mol. The number of carbonyl (C=O) groups excluding carboxylic acids is 3. The lowest BCUT2D eigenvalue weighted by Gasteiger charge is -2.18. The largest absolute Gasteiger partial charge is 0.450 e. The van der Waals surface area contributed by atoms with Crippen LogP contribution in [0.1, 0.15) is 58.7 Å². The third kappa shape index (κ3) is 4.68. The number of hydrogen-bond donors (Lipinski definition) is 1. The fraction of sp³-hybridized carbons (Fsp3) is 0.333. The third-order valence-corrected chi connectivity index (χ3v) is 4.40. The van der Waals surface area contributed by atoms with Crippen molar-refractivity contribution in [3.63, 3.8) is 0 Å². The number of nitrogens with one attached hydrogen (secondary N) is 1. The van der Waals surface area contributed by atoms with Gasteiger partial charge in [0.25, 0.3) is 23.4 Å². The molecule has 9 heteroatoms. The summed E-state index contributed by atoms with van der Waals surface area (Å²) in [4.78, 5) is 44.6. The van der Waals surface area contributed by atoms with Gasteiger partial charge in [0.1, 0.15) is 0 Å². The molecule has 3 rings (SSSR count). The van der Waals surface area contributed by atoms with Gasteiger partial charge in [-0.1, -0.05) is 32.9 Å². The fourth-order valence-corrected chi connectivity index (χ4v) is 2.80. The van der Waals surface area contributed by atoms with Crippen LogP contribution in [0.25, 0.3) is 5.78 Å². The topological polar surface area (TPSA) is 116 Å². The fourth-order valence-electron chi connectivity index (χ4n) is 2.80. The molecule has 0 fully saturated rings. The van der Waals surface area contributed by atoms with Crippen molar-refractivity contribution in [1.82, 2.24) is 24.9 Å². The predicted molar refractivity (Wildman–Crippen MR) is 108 cm³/mol. The monoisotopic (exact) mass is 409 g/mol. The first-order chi connectivity index (χ1) is 14.0. The first-order valence-corrected chi connectivity index (χ1v) is 9.37. The van der Waals surface area contributed by atoms with Gasteiger partial charge < -0.3 is 4.74 Å². The molecule has 3 aromatic rings. The normalized spacial score (nSPS) is 11.4. The molecule has 156 valence electrons. The minimum absolute atomic E-state index is 0.0439. The van der Waals surface area contributed by atoms with Gasteiger partial charge in [-0.05, 0) is 43.0 Å². The van der Waals surface area contributed by atoms with E-state index in [1.807, 2.05) is 12.1 Å². The lowest BCUT2D eigenvalue weighted by Crippen LogP contribution is -2.34. The Morgan fingerprint density at radius 3 is 2.37 bits per heavy atom. The van der Waals surface area contributed by atoms with Gasteiger partial charge in [0.2, 0.25) is 0 Å². The van der Waals surface area contributed by atoms with Crippen LogP contribution in [-0.2, 0) is 14.9 Å². The van der Waals surface area contributed by atoms with Crippen molar-refractivity contribution in [2.24, 2.45) is 0 Å². The van der Waals surface area contributed by atoms with Crippen LogP contribution >= 0.6 is 0 Å². The molecular formula is C21H23N5O4. The number of aryl methyl sites for hydroxylation is 2. The van der Waals surface area contributed by atoms with E-state index in [-0.39, 0.29) is 17.0 Å². The van der Waals surface area contributed by atoms with E-state index < -0.39 is 24.4 Å². The second kappa shape index (κ2) is 8.02. The molecule has 2 heterocycles. The van der Waals surface area contributed by atoms with Crippen LogP contribution in [0.15, 0.2) is 30.3 Å². The highest BCUT2D eigenvalue weighted by molar-refractivity contribution is 6.05. The number of imide groups is 1. The zero-order valence-electron chi connectivity index (χ0n) is 17.5. The van der Waals surface area contributed by atoms with Crippen LogP contribution in [0.5, 0.6) is 0 Å².